The molecule has 0 aliphatic heterocycles. The van der Waals surface area contributed by atoms with Gasteiger partial charge in [-0.25, -0.2) is 0 Å². The van der Waals surface area contributed by atoms with Crippen LogP contribution in [0.2, 0.25) is 5.02 Å². The summed E-state index contributed by atoms with van der Waals surface area (Å²) in [7, 11) is 2.01. The molecule has 0 unspecified atom stereocenters. The van der Waals surface area contributed by atoms with Crippen molar-refractivity contribution in [1.82, 2.24) is 15.0 Å². The average Bonchev–Trinajstić information content (AvgIpc) is 2.78. The fraction of sp³-hybridized carbons (Fsp3) is 0.467. The number of aromatic nitrogens is 2. The molecule has 4 nitrogen and oxygen atoms in total. The zero-order chi connectivity index (χ0) is 14.5. The number of halogens is 1. The van der Waals surface area contributed by atoms with Gasteiger partial charge >= 0.3 is 0 Å². The molecule has 2 rings (SSSR count). The third-order valence-electron chi connectivity index (χ3n) is 2.90. The van der Waals surface area contributed by atoms with Crippen molar-refractivity contribution in [3.63, 3.8) is 0 Å². The minimum absolute atomic E-state index is 0.529. The second kappa shape index (κ2) is 6.86. The lowest BCUT2D eigenvalue weighted by Gasteiger charge is -2.14. The molecular weight excluding hydrogens is 274 g/mol. The average molecular weight is 294 g/mol. The lowest BCUT2D eigenvalue weighted by atomic mass is 10.1. The summed E-state index contributed by atoms with van der Waals surface area (Å²) < 4.78 is 5.27. The fourth-order valence-corrected chi connectivity index (χ4v) is 2.20. The van der Waals surface area contributed by atoms with Crippen molar-refractivity contribution in [2.45, 2.75) is 33.4 Å². The molecule has 0 aliphatic carbocycles. The van der Waals surface area contributed by atoms with Gasteiger partial charge in [0.05, 0.1) is 6.54 Å². The molecule has 0 atom stereocenters. The van der Waals surface area contributed by atoms with Crippen LogP contribution in [0.4, 0.5) is 0 Å². The second-order valence-electron chi connectivity index (χ2n) is 5.47. The Labute approximate surface area is 124 Å². The number of nitrogens with zero attached hydrogens (tertiary/aromatic N) is 3. The van der Waals surface area contributed by atoms with Crippen molar-refractivity contribution in [2.75, 3.05) is 7.05 Å². The van der Waals surface area contributed by atoms with Crippen LogP contribution in [0.25, 0.3) is 0 Å². The molecule has 0 aliphatic rings. The highest BCUT2D eigenvalue weighted by molar-refractivity contribution is 6.31. The lowest BCUT2D eigenvalue weighted by Crippen LogP contribution is -2.17. The summed E-state index contributed by atoms with van der Waals surface area (Å²) in [5.41, 5.74) is 1.10. The standard InChI is InChI=1S/C15H20ClN3O/c1-11(2)8-14-17-15(20-18-14)10-19(3)9-12-6-4-5-7-13(12)16/h4-7,11H,8-10H2,1-3H3. The number of benzene rings is 1. The summed E-state index contributed by atoms with van der Waals surface area (Å²) in [5, 5.41) is 4.78. The molecule has 0 N–H and O–H groups in total. The molecule has 0 spiro atoms. The third kappa shape index (κ3) is 4.32. The zero-order valence-electron chi connectivity index (χ0n) is 12.1. The molecule has 0 bridgehead atoms. The van der Waals surface area contributed by atoms with Gasteiger partial charge in [-0.2, -0.15) is 4.98 Å². The SMILES string of the molecule is CC(C)Cc1noc(CN(C)Cc2ccccc2Cl)n1. The van der Waals surface area contributed by atoms with Gasteiger partial charge in [0.1, 0.15) is 0 Å². The highest BCUT2D eigenvalue weighted by Crippen LogP contribution is 2.17. The topological polar surface area (TPSA) is 42.2 Å². The summed E-state index contributed by atoms with van der Waals surface area (Å²) in [6.45, 7) is 5.65. The Morgan fingerprint density at radius 2 is 2.00 bits per heavy atom. The van der Waals surface area contributed by atoms with E-state index in [4.69, 9.17) is 16.1 Å². The maximum atomic E-state index is 6.15. The van der Waals surface area contributed by atoms with Crippen molar-refractivity contribution in [3.05, 3.63) is 46.6 Å². The highest BCUT2D eigenvalue weighted by Gasteiger charge is 2.11. The van der Waals surface area contributed by atoms with Gasteiger partial charge in [0.2, 0.25) is 5.89 Å². The van der Waals surface area contributed by atoms with Gasteiger partial charge in [-0.1, -0.05) is 48.8 Å². The Morgan fingerprint density at radius 1 is 1.25 bits per heavy atom. The predicted molar refractivity (Wildman–Crippen MR) is 79.5 cm³/mol. The van der Waals surface area contributed by atoms with Crippen LogP contribution in [0.5, 0.6) is 0 Å². The van der Waals surface area contributed by atoms with Gasteiger partial charge < -0.3 is 4.52 Å². The van der Waals surface area contributed by atoms with Crippen LogP contribution < -0.4 is 0 Å². The Hall–Kier alpha value is -1.39. The molecule has 108 valence electrons. The molecule has 0 amide bonds. The van der Waals surface area contributed by atoms with Gasteiger partial charge in [-0.3, -0.25) is 4.90 Å². The molecule has 0 saturated heterocycles. The number of hydrogen-bond donors (Lipinski definition) is 0. The van der Waals surface area contributed by atoms with Crippen LogP contribution in [0, 0.1) is 5.92 Å². The summed E-state index contributed by atoms with van der Waals surface area (Å²) in [6, 6.07) is 7.85. The Balaban J connectivity index is 1.93. The van der Waals surface area contributed by atoms with Gasteiger partial charge in [0.25, 0.3) is 0 Å². The number of hydrogen-bond acceptors (Lipinski definition) is 4. The van der Waals surface area contributed by atoms with E-state index in [1.165, 1.54) is 0 Å². The van der Waals surface area contributed by atoms with Crippen molar-refractivity contribution in [2.24, 2.45) is 5.92 Å². The van der Waals surface area contributed by atoms with E-state index in [2.05, 4.69) is 28.9 Å². The zero-order valence-corrected chi connectivity index (χ0v) is 12.9. The quantitative estimate of drug-likeness (QED) is 0.817. The first kappa shape index (κ1) is 15.0. The maximum Gasteiger partial charge on any atom is 0.240 e. The van der Waals surface area contributed by atoms with Crippen molar-refractivity contribution >= 4 is 11.6 Å². The minimum atomic E-state index is 0.529. The van der Waals surface area contributed by atoms with Crippen LogP contribution in [0.3, 0.4) is 0 Å². The van der Waals surface area contributed by atoms with Gasteiger partial charge in [-0.05, 0) is 24.6 Å². The molecule has 1 heterocycles. The van der Waals surface area contributed by atoms with Crippen LogP contribution in [-0.4, -0.2) is 22.1 Å². The normalized spacial score (nSPS) is 11.5. The van der Waals surface area contributed by atoms with E-state index >= 15 is 0 Å². The van der Waals surface area contributed by atoms with Gasteiger partial charge in [0.15, 0.2) is 5.82 Å². The molecule has 2 aromatic rings. The highest BCUT2D eigenvalue weighted by atomic mass is 35.5. The summed E-state index contributed by atoms with van der Waals surface area (Å²) >= 11 is 6.15. The van der Waals surface area contributed by atoms with E-state index in [9.17, 15) is 0 Å². The second-order valence-corrected chi connectivity index (χ2v) is 5.87. The third-order valence-corrected chi connectivity index (χ3v) is 3.27. The van der Waals surface area contributed by atoms with E-state index in [0.29, 0.717) is 18.4 Å². The molecular formula is C15H20ClN3O. The molecule has 5 heteroatoms. The first-order valence-corrected chi connectivity index (χ1v) is 7.16. The largest absolute Gasteiger partial charge is 0.338 e. The molecule has 0 radical (unpaired) electrons. The van der Waals surface area contributed by atoms with Crippen LogP contribution in [0.15, 0.2) is 28.8 Å². The molecule has 1 aromatic heterocycles. The Morgan fingerprint density at radius 3 is 2.70 bits per heavy atom. The van der Waals surface area contributed by atoms with E-state index in [0.717, 1.165) is 29.4 Å². The van der Waals surface area contributed by atoms with Crippen LogP contribution in [0.1, 0.15) is 31.1 Å². The summed E-state index contributed by atoms with van der Waals surface area (Å²) in [6.07, 6.45) is 0.845. The summed E-state index contributed by atoms with van der Waals surface area (Å²) in [4.78, 5) is 6.51. The van der Waals surface area contributed by atoms with Crippen molar-refractivity contribution < 1.29 is 4.52 Å². The van der Waals surface area contributed by atoms with E-state index < -0.39 is 0 Å². The van der Waals surface area contributed by atoms with E-state index in [1.54, 1.807) is 0 Å². The van der Waals surface area contributed by atoms with E-state index in [-0.39, 0.29) is 0 Å². The smallest absolute Gasteiger partial charge is 0.240 e. The van der Waals surface area contributed by atoms with Gasteiger partial charge in [0, 0.05) is 18.0 Å². The predicted octanol–water partition coefficient (Wildman–Crippen LogP) is 3.55. The molecule has 0 saturated carbocycles. The Bertz CT molecular complexity index is 554. The van der Waals surface area contributed by atoms with E-state index in [1.807, 2.05) is 31.3 Å². The summed E-state index contributed by atoms with van der Waals surface area (Å²) in [5.74, 6) is 1.96. The fourth-order valence-electron chi connectivity index (χ4n) is 2.01. The van der Waals surface area contributed by atoms with Crippen LogP contribution >= 0.6 is 11.6 Å². The van der Waals surface area contributed by atoms with Gasteiger partial charge in [-0.15, -0.1) is 0 Å². The first-order valence-electron chi connectivity index (χ1n) is 6.78. The number of rotatable bonds is 6. The minimum Gasteiger partial charge on any atom is -0.338 e. The molecule has 1 aromatic carbocycles. The molecule has 0 fully saturated rings. The maximum absolute atomic E-state index is 6.15. The Kier molecular flexibility index (Phi) is 5.15. The monoisotopic (exact) mass is 293 g/mol. The first-order chi connectivity index (χ1) is 9.54. The van der Waals surface area contributed by atoms with Crippen molar-refractivity contribution in [1.29, 1.82) is 0 Å². The molecule has 20 heavy (non-hydrogen) atoms. The van der Waals surface area contributed by atoms with Crippen LogP contribution in [-0.2, 0) is 19.5 Å². The van der Waals surface area contributed by atoms with Crippen molar-refractivity contribution in [3.8, 4) is 0 Å². The lowest BCUT2D eigenvalue weighted by molar-refractivity contribution is 0.260.